The lowest BCUT2D eigenvalue weighted by Crippen LogP contribution is -1.90. The van der Waals surface area contributed by atoms with Crippen molar-refractivity contribution < 1.29 is 13.9 Å². The van der Waals surface area contributed by atoms with Gasteiger partial charge in [-0.05, 0) is 36.4 Å². The van der Waals surface area contributed by atoms with E-state index in [2.05, 4.69) is 4.98 Å². The summed E-state index contributed by atoms with van der Waals surface area (Å²) in [6.45, 7) is 0. The van der Waals surface area contributed by atoms with Crippen LogP contribution in [0.15, 0.2) is 40.8 Å². The highest BCUT2D eigenvalue weighted by Crippen LogP contribution is 2.34. The van der Waals surface area contributed by atoms with Crippen molar-refractivity contribution in [2.45, 2.75) is 0 Å². The second-order valence-corrected chi connectivity index (χ2v) is 4.31. The van der Waals surface area contributed by atoms with E-state index in [1.54, 1.807) is 32.4 Å². The minimum atomic E-state index is 0.473. The van der Waals surface area contributed by atoms with Crippen LogP contribution in [0.4, 0.5) is 5.69 Å². The monoisotopic (exact) mass is 270 g/mol. The molecule has 5 heteroatoms. The maximum Gasteiger partial charge on any atom is 0.231 e. The van der Waals surface area contributed by atoms with Crippen molar-refractivity contribution in [2.75, 3.05) is 20.0 Å². The second-order valence-electron chi connectivity index (χ2n) is 4.31. The van der Waals surface area contributed by atoms with Crippen LogP contribution in [0.2, 0.25) is 0 Å². The molecule has 0 radical (unpaired) electrons. The van der Waals surface area contributed by atoms with Gasteiger partial charge in [-0.15, -0.1) is 0 Å². The fourth-order valence-electron chi connectivity index (χ4n) is 2.04. The molecule has 0 fully saturated rings. The third kappa shape index (κ3) is 2.03. The number of rotatable bonds is 3. The van der Waals surface area contributed by atoms with Crippen LogP contribution >= 0.6 is 0 Å². The molecule has 2 N–H and O–H groups in total. The first kappa shape index (κ1) is 12.3. The Labute approximate surface area is 115 Å². The Balaban J connectivity index is 2.18. The van der Waals surface area contributed by atoms with E-state index in [1.165, 1.54) is 0 Å². The summed E-state index contributed by atoms with van der Waals surface area (Å²) in [6.07, 6.45) is 0. The SMILES string of the molecule is COc1ccc(OC)c(-c2nc3cc(N)ccc3o2)c1. The number of hydrogen-bond donors (Lipinski definition) is 1. The van der Waals surface area contributed by atoms with Gasteiger partial charge in [0.25, 0.3) is 0 Å². The lowest BCUT2D eigenvalue weighted by molar-refractivity contribution is 0.403. The molecule has 20 heavy (non-hydrogen) atoms. The smallest absolute Gasteiger partial charge is 0.231 e. The number of oxazole rings is 1. The highest BCUT2D eigenvalue weighted by molar-refractivity contribution is 5.80. The van der Waals surface area contributed by atoms with Crippen LogP contribution in [0.3, 0.4) is 0 Å². The van der Waals surface area contributed by atoms with Crippen molar-refractivity contribution >= 4 is 16.8 Å². The molecule has 0 atom stereocenters. The maximum absolute atomic E-state index is 5.75. The Kier molecular flexibility index (Phi) is 2.95. The summed E-state index contributed by atoms with van der Waals surface area (Å²) >= 11 is 0. The minimum Gasteiger partial charge on any atom is -0.497 e. The summed E-state index contributed by atoms with van der Waals surface area (Å²) in [7, 11) is 3.21. The fourth-order valence-corrected chi connectivity index (χ4v) is 2.04. The predicted octanol–water partition coefficient (Wildman–Crippen LogP) is 3.09. The molecule has 5 nitrogen and oxygen atoms in total. The number of nitrogens with zero attached hydrogens (tertiary/aromatic N) is 1. The van der Waals surface area contributed by atoms with E-state index >= 15 is 0 Å². The van der Waals surface area contributed by atoms with Gasteiger partial charge in [0.05, 0.1) is 19.8 Å². The van der Waals surface area contributed by atoms with Crippen molar-refractivity contribution in [1.82, 2.24) is 4.98 Å². The zero-order valence-corrected chi connectivity index (χ0v) is 11.2. The summed E-state index contributed by atoms with van der Waals surface area (Å²) in [5, 5.41) is 0. The number of anilines is 1. The Morgan fingerprint density at radius 3 is 2.65 bits per heavy atom. The molecule has 0 unspecified atom stereocenters. The molecule has 1 aromatic heterocycles. The molecular formula is C15H14N2O3. The third-order valence-corrected chi connectivity index (χ3v) is 3.05. The number of nitrogens with two attached hydrogens (primary N) is 1. The van der Waals surface area contributed by atoms with Crippen LogP contribution in [0.1, 0.15) is 0 Å². The quantitative estimate of drug-likeness (QED) is 0.740. The first-order valence-electron chi connectivity index (χ1n) is 6.09. The van der Waals surface area contributed by atoms with Crippen LogP contribution in [-0.4, -0.2) is 19.2 Å². The molecule has 3 aromatic rings. The molecule has 0 spiro atoms. The predicted molar refractivity (Wildman–Crippen MR) is 77.0 cm³/mol. The molecule has 0 bridgehead atoms. The number of aromatic nitrogens is 1. The highest BCUT2D eigenvalue weighted by atomic mass is 16.5. The second kappa shape index (κ2) is 4.77. The molecule has 0 amide bonds. The number of fused-ring (bicyclic) bond motifs is 1. The molecule has 102 valence electrons. The van der Waals surface area contributed by atoms with E-state index in [-0.39, 0.29) is 0 Å². The van der Waals surface area contributed by atoms with Crippen LogP contribution in [0, 0.1) is 0 Å². The minimum absolute atomic E-state index is 0.473. The van der Waals surface area contributed by atoms with E-state index in [9.17, 15) is 0 Å². The number of benzene rings is 2. The topological polar surface area (TPSA) is 70.5 Å². The van der Waals surface area contributed by atoms with Gasteiger partial charge in [-0.25, -0.2) is 4.98 Å². The Morgan fingerprint density at radius 2 is 1.90 bits per heavy atom. The first-order chi connectivity index (χ1) is 9.71. The number of hydrogen-bond acceptors (Lipinski definition) is 5. The average Bonchev–Trinajstić information content (AvgIpc) is 2.89. The third-order valence-electron chi connectivity index (χ3n) is 3.05. The van der Waals surface area contributed by atoms with Gasteiger partial charge in [0.1, 0.15) is 17.0 Å². The lowest BCUT2D eigenvalue weighted by Gasteiger charge is -2.07. The van der Waals surface area contributed by atoms with Crippen LogP contribution in [0.5, 0.6) is 11.5 Å². The molecule has 2 aromatic carbocycles. The molecular weight excluding hydrogens is 256 g/mol. The van der Waals surface area contributed by atoms with E-state index in [1.807, 2.05) is 18.2 Å². The molecule has 0 aliphatic heterocycles. The Hall–Kier alpha value is -2.69. The van der Waals surface area contributed by atoms with Gasteiger partial charge in [-0.3, -0.25) is 0 Å². The first-order valence-corrected chi connectivity index (χ1v) is 6.09. The van der Waals surface area contributed by atoms with Crippen LogP contribution in [-0.2, 0) is 0 Å². The van der Waals surface area contributed by atoms with Gasteiger partial charge in [-0.1, -0.05) is 0 Å². The van der Waals surface area contributed by atoms with Gasteiger partial charge in [-0.2, -0.15) is 0 Å². The van der Waals surface area contributed by atoms with Crippen molar-refractivity contribution in [2.24, 2.45) is 0 Å². The van der Waals surface area contributed by atoms with E-state index in [0.29, 0.717) is 34.2 Å². The van der Waals surface area contributed by atoms with Crippen molar-refractivity contribution in [3.63, 3.8) is 0 Å². The molecule has 1 heterocycles. The normalized spacial score (nSPS) is 10.7. The summed E-state index contributed by atoms with van der Waals surface area (Å²) < 4.78 is 16.3. The van der Waals surface area contributed by atoms with Gasteiger partial charge < -0.3 is 19.6 Å². The largest absolute Gasteiger partial charge is 0.497 e. The molecule has 0 saturated carbocycles. The maximum atomic E-state index is 5.75. The standard InChI is InChI=1S/C15H14N2O3/c1-18-10-4-6-13(19-2)11(8-10)15-17-12-7-9(16)3-5-14(12)20-15/h3-8H,16H2,1-2H3. The molecule has 0 saturated heterocycles. The lowest BCUT2D eigenvalue weighted by atomic mass is 10.2. The van der Waals surface area contributed by atoms with Gasteiger partial charge in [0, 0.05) is 5.69 Å². The summed E-state index contributed by atoms with van der Waals surface area (Å²) in [6, 6.07) is 10.8. The van der Waals surface area contributed by atoms with E-state index < -0.39 is 0 Å². The summed E-state index contributed by atoms with van der Waals surface area (Å²) in [5.41, 5.74) is 8.53. The van der Waals surface area contributed by atoms with Gasteiger partial charge >= 0.3 is 0 Å². The van der Waals surface area contributed by atoms with Gasteiger partial charge in [0.15, 0.2) is 5.58 Å². The zero-order chi connectivity index (χ0) is 14.1. The molecule has 0 aliphatic rings. The van der Waals surface area contributed by atoms with Crippen molar-refractivity contribution in [3.05, 3.63) is 36.4 Å². The molecule has 3 rings (SSSR count). The Morgan fingerprint density at radius 1 is 1.05 bits per heavy atom. The zero-order valence-electron chi connectivity index (χ0n) is 11.2. The van der Waals surface area contributed by atoms with E-state index in [0.717, 1.165) is 5.56 Å². The number of ether oxygens (including phenoxy) is 2. The van der Waals surface area contributed by atoms with Crippen molar-refractivity contribution in [1.29, 1.82) is 0 Å². The molecule has 0 aliphatic carbocycles. The highest BCUT2D eigenvalue weighted by Gasteiger charge is 2.14. The van der Waals surface area contributed by atoms with Gasteiger partial charge in [0.2, 0.25) is 5.89 Å². The fraction of sp³-hybridized carbons (Fsp3) is 0.133. The van der Waals surface area contributed by atoms with E-state index in [4.69, 9.17) is 19.6 Å². The number of nitrogen functional groups attached to an aromatic ring is 1. The van der Waals surface area contributed by atoms with Crippen LogP contribution < -0.4 is 15.2 Å². The van der Waals surface area contributed by atoms with Crippen molar-refractivity contribution in [3.8, 4) is 23.0 Å². The number of methoxy groups -OCH3 is 2. The Bertz CT molecular complexity index is 765. The summed E-state index contributed by atoms with van der Waals surface area (Å²) in [5.74, 6) is 1.86. The van der Waals surface area contributed by atoms with Crippen LogP contribution in [0.25, 0.3) is 22.6 Å². The summed E-state index contributed by atoms with van der Waals surface area (Å²) in [4.78, 5) is 4.45. The average molecular weight is 270 g/mol.